The normalized spacial score (nSPS) is 12.9. The van der Waals surface area contributed by atoms with E-state index in [-0.39, 0.29) is 60.3 Å². The van der Waals surface area contributed by atoms with Crippen LogP contribution in [-0.4, -0.2) is 83.9 Å². The van der Waals surface area contributed by atoms with Gasteiger partial charge in [-0.25, -0.2) is 15.0 Å². The zero-order valence-corrected chi connectivity index (χ0v) is 66.5. The molecule has 0 atom stereocenters. The Morgan fingerprint density at radius 3 is 1.27 bits per heavy atom. The molecular formula is C91H63Ir3N16. The van der Waals surface area contributed by atoms with Crippen molar-refractivity contribution in [3.63, 3.8) is 0 Å². The van der Waals surface area contributed by atoms with E-state index >= 15 is 0 Å². The summed E-state index contributed by atoms with van der Waals surface area (Å²) in [6, 6.07) is 99.5. The van der Waals surface area contributed by atoms with E-state index in [1.54, 1.807) is 6.33 Å². The van der Waals surface area contributed by atoms with Crippen molar-refractivity contribution in [1.29, 1.82) is 0 Å². The van der Waals surface area contributed by atoms with Crippen LogP contribution in [0.3, 0.4) is 0 Å². The molecule has 0 unspecified atom stereocenters. The average molecular weight is 1960 g/mol. The van der Waals surface area contributed by atoms with Crippen molar-refractivity contribution in [3.05, 3.63) is 368 Å². The van der Waals surface area contributed by atoms with Gasteiger partial charge in [0.05, 0.1) is 27.6 Å². The smallest absolute Gasteiger partial charge is 0.510 e. The van der Waals surface area contributed by atoms with Gasteiger partial charge in [0.15, 0.2) is 0 Å². The summed E-state index contributed by atoms with van der Waals surface area (Å²) in [6.07, 6.45) is 22.9. The largest absolute Gasteiger partial charge is 3.00 e. The Bertz CT molecular complexity index is 6620. The molecule has 15 heterocycles. The van der Waals surface area contributed by atoms with E-state index in [4.69, 9.17) is 4.98 Å². The van der Waals surface area contributed by atoms with Crippen molar-refractivity contribution < 1.29 is 60.3 Å². The Hall–Kier alpha value is -12.3. The number of nitrogens with zero attached hydrogens (tertiary/aromatic N) is 16. The van der Waals surface area contributed by atoms with Gasteiger partial charge in [-0.15, -0.1) is 87.8 Å². The van der Waals surface area contributed by atoms with Crippen LogP contribution >= 0.6 is 0 Å². The van der Waals surface area contributed by atoms with Crippen LogP contribution in [0.4, 0.5) is 17.1 Å². The molecule has 8 aromatic carbocycles. The van der Waals surface area contributed by atoms with E-state index in [1.165, 1.54) is 5.52 Å². The van der Waals surface area contributed by atoms with Crippen molar-refractivity contribution in [3.8, 4) is 0 Å². The molecule has 534 valence electrons. The van der Waals surface area contributed by atoms with E-state index < -0.39 is 0 Å². The van der Waals surface area contributed by atoms with Gasteiger partial charge in [-0.1, -0.05) is 91.0 Å². The third-order valence-corrected chi connectivity index (χ3v) is 18.8. The Morgan fingerprint density at radius 1 is 0.327 bits per heavy atom. The van der Waals surface area contributed by atoms with Gasteiger partial charge >= 0.3 is 60.3 Å². The monoisotopic (exact) mass is 1960 g/mol. The molecule has 110 heavy (non-hydrogen) atoms. The number of hydrogen-bond donors (Lipinski definition) is 0. The van der Waals surface area contributed by atoms with Crippen molar-refractivity contribution in [2.45, 2.75) is 0 Å². The summed E-state index contributed by atoms with van der Waals surface area (Å²) in [6.45, 7) is 6.02. The van der Waals surface area contributed by atoms with E-state index in [0.717, 1.165) is 148 Å². The molecule has 0 bridgehead atoms. The van der Waals surface area contributed by atoms with Gasteiger partial charge in [-0.3, -0.25) is 4.98 Å². The molecule has 20 aromatic rings. The van der Waals surface area contributed by atoms with Crippen molar-refractivity contribution >= 4 is 154 Å². The van der Waals surface area contributed by atoms with Crippen LogP contribution in [0.2, 0.25) is 0 Å². The summed E-state index contributed by atoms with van der Waals surface area (Å²) in [5.41, 5.74) is 18.5. The molecule has 0 radical (unpaired) electrons. The van der Waals surface area contributed by atoms with E-state index in [9.17, 15) is 0 Å². The zero-order chi connectivity index (χ0) is 71.7. The molecule has 0 N–H and O–H groups in total. The van der Waals surface area contributed by atoms with Crippen LogP contribution < -0.4 is 14.7 Å². The second-order valence-corrected chi connectivity index (χ2v) is 25.7. The minimum atomic E-state index is 0. The fourth-order valence-electron chi connectivity index (χ4n) is 14.0. The first-order valence-electron chi connectivity index (χ1n) is 34.9. The number of pyridine rings is 8. The predicted octanol–water partition coefficient (Wildman–Crippen LogP) is 19.1. The maximum Gasteiger partial charge on any atom is 3.00 e. The maximum absolute atomic E-state index is 4.97. The second-order valence-electron chi connectivity index (χ2n) is 25.7. The molecule has 3 aliphatic heterocycles. The van der Waals surface area contributed by atoms with Crippen LogP contribution in [0.1, 0.15) is 0 Å². The van der Waals surface area contributed by atoms with Gasteiger partial charge in [0.25, 0.3) is 0 Å². The SMILES string of the molecule is CN1C=CN(c2[c-]cccc2)[CH-]1.CN1C=CN(c2[c-]cccc2)[CH-]1.CN1C=CN(c2[c-]cccc2)[CH-]1.[Ir+3].[Ir+3].[Ir+3].[c-]1c2ccccc2n2c1c1ncccc1c1cnc3ccccc3c12.[c-]1c2ccccc2n2c1c1ncccc1c1cncnc12.[c-]1c2ccccc2n2c1c1ncccc1c1nc3ccccc3cc12. The first-order chi connectivity index (χ1) is 52.8. The number of para-hydroxylation sites is 8. The molecule has 3 aliphatic rings. The Morgan fingerprint density at radius 2 is 0.755 bits per heavy atom. The topological polar surface area (TPSA) is 123 Å². The van der Waals surface area contributed by atoms with Crippen molar-refractivity contribution in [2.75, 3.05) is 35.8 Å². The van der Waals surface area contributed by atoms with Crippen LogP contribution in [0.25, 0.3) is 137 Å². The molecule has 16 nitrogen and oxygen atoms in total. The van der Waals surface area contributed by atoms with Gasteiger partial charge in [-0.2, -0.15) is 111 Å². The molecule has 12 aromatic heterocycles. The summed E-state index contributed by atoms with van der Waals surface area (Å²) in [5, 5.41) is 10.9. The Kier molecular flexibility index (Phi) is 21.5. The number of fused-ring (bicyclic) bond motifs is 27. The molecule has 0 fully saturated rings. The molecule has 0 saturated heterocycles. The zero-order valence-electron chi connectivity index (χ0n) is 59.3. The van der Waals surface area contributed by atoms with Crippen molar-refractivity contribution in [1.82, 2.24) is 62.8 Å². The Labute approximate surface area is 674 Å². The summed E-state index contributed by atoms with van der Waals surface area (Å²) in [7, 11) is 6.00. The number of benzene rings is 8. The molecule has 0 saturated carbocycles. The second kappa shape index (κ2) is 32.3. The van der Waals surface area contributed by atoms with Gasteiger partial charge < -0.3 is 57.6 Å². The number of anilines is 3. The Balaban J connectivity index is 0.000000107. The first-order valence-corrected chi connectivity index (χ1v) is 34.9. The standard InChI is InChI=1S/2C22H12N3.C17H9N4.3C10H10N2.3Ir/c1-4-10-19-14(6-1)12-20-21-15(8-5-11-23-21)17-13-24-18-9-3-2-7-16(18)22(17)25(19)20;1-3-9-17-14(6-1)12-20-22(24-17)16-8-5-11-23-21(16)19-13-15-7-2-4-10-18(15)25(19)20;1-2-6-14-11(4-1)8-15-16-12(5-3-7-19-16)13-9-18-10-20-17(13)21(14)15;3*1-11-7-8-12(9-11)10-5-3-2-4-6-10;;;/h1-11,13H;1-12H;1-7,9-10H;3*2-5,7-9H,1H3;;;/q3*-1;3*-2;3*+3. The fraction of sp³-hybridized carbons (Fsp3) is 0.0330. The molecule has 0 spiro atoms. The van der Waals surface area contributed by atoms with Crippen LogP contribution in [0.5, 0.6) is 0 Å². The van der Waals surface area contributed by atoms with Crippen LogP contribution in [0.15, 0.2) is 311 Å². The summed E-state index contributed by atoms with van der Waals surface area (Å²) >= 11 is 0. The summed E-state index contributed by atoms with van der Waals surface area (Å²) in [4.78, 5) is 44.2. The quantitative estimate of drug-likeness (QED) is 0.0948. The van der Waals surface area contributed by atoms with E-state index in [0.29, 0.717) is 0 Å². The maximum atomic E-state index is 4.97. The minimum Gasteiger partial charge on any atom is -0.510 e. The molecule has 0 amide bonds. The van der Waals surface area contributed by atoms with Crippen LogP contribution in [0, 0.1) is 56.4 Å². The molecule has 23 rings (SSSR count). The minimum absolute atomic E-state index is 0. The van der Waals surface area contributed by atoms with E-state index in [2.05, 4.69) is 195 Å². The summed E-state index contributed by atoms with van der Waals surface area (Å²) in [5.74, 6) is 0. The van der Waals surface area contributed by atoms with E-state index in [1.807, 2.05) is 260 Å². The summed E-state index contributed by atoms with van der Waals surface area (Å²) < 4.78 is 6.63. The third kappa shape index (κ3) is 14.1. The van der Waals surface area contributed by atoms with Gasteiger partial charge in [-0.05, 0) is 144 Å². The predicted molar refractivity (Wildman–Crippen MR) is 433 cm³/mol. The molecule has 0 aliphatic carbocycles. The molecule has 19 heteroatoms. The number of aromatic nitrogens is 10. The van der Waals surface area contributed by atoms with Gasteiger partial charge in [0, 0.05) is 69.1 Å². The number of hydrogen-bond acceptors (Lipinski definition) is 13. The fourth-order valence-corrected chi connectivity index (χ4v) is 14.0. The van der Waals surface area contributed by atoms with Crippen LogP contribution in [-0.2, 0) is 60.3 Å². The molecular weight excluding hydrogens is 1890 g/mol. The third-order valence-electron chi connectivity index (χ3n) is 18.8. The number of rotatable bonds is 3. The first kappa shape index (κ1) is 73.2. The van der Waals surface area contributed by atoms with Gasteiger partial charge in [0.1, 0.15) is 12.0 Å². The average Bonchev–Trinajstić information content (AvgIpc) is 1.49. The van der Waals surface area contributed by atoms with Gasteiger partial charge in [0.2, 0.25) is 0 Å². The van der Waals surface area contributed by atoms with Crippen molar-refractivity contribution in [2.24, 2.45) is 0 Å².